The number of amides is 1. The lowest BCUT2D eigenvalue weighted by molar-refractivity contribution is -0.116. The quantitative estimate of drug-likeness (QED) is 0.611. The topological polar surface area (TPSA) is 90.5 Å². The molecule has 0 radical (unpaired) electrons. The molecule has 0 bridgehead atoms. The summed E-state index contributed by atoms with van der Waals surface area (Å²) in [4.78, 5) is 16.7. The molecule has 1 N–H and O–H groups in total. The summed E-state index contributed by atoms with van der Waals surface area (Å²) in [6.07, 6.45) is 1.61. The van der Waals surface area contributed by atoms with Gasteiger partial charge >= 0.3 is 0 Å². The van der Waals surface area contributed by atoms with E-state index in [1.165, 1.54) is 0 Å². The largest absolute Gasteiger partial charge is 0.323 e. The molecule has 0 saturated heterocycles. The van der Waals surface area contributed by atoms with Gasteiger partial charge in [0.2, 0.25) is 5.91 Å². The first-order chi connectivity index (χ1) is 12.6. The molecule has 3 heterocycles. The van der Waals surface area contributed by atoms with Crippen LogP contribution in [0.4, 0.5) is 5.69 Å². The second-order valence-corrected chi connectivity index (χ2v) is 6.03. The molecule has 0 unspecified atom stereocenters. The standard InChI is InChI=1S/C18H17N7O/c1-12-9-13(2)25(22-12)17-8-7-14(10-19-17)20-18(26)11-24-16-6-4-3-5-15(16)21-23-24/h3-10H,11H2,1-2H3,(H,20,26). The van der Waals surface area contributed by atoms with E-state index in [-0.39, 0.29) is 12.5 Å². The van der Waals surface area contributed by atoms with Gasteiger partial charge in [0.15, 0.2) is 5.82 Å². The van der Waals surface area contributed by atoms with Crippen LogP contribution in [0.15, 0.2) is 48.7 Å². The van der Waals surface area contributed by atoms with Crippen LogP contribution in [0.25, 0.3) is 16.9 Å². The molecule has 1 amide bonds. The minimum Gasteiger partial charge on any atom is -0.323 e. The Morgan fingerprint density at radius 1 is 1.15 bits per heavy atom. The smallest absolute Gasteiger partial charge is 0.246 e. The molecular formula is C18H17N7O. The van der Waals surface area contributed by atoms with Gasteiger partial charge in [0.05, 0.1) is 23.1 Å². The van der Waals surface area contributed by atoms with Crippen molar-refractivity contribution in [2.75, 3.05) is 5.32 Å². The number of carbonyl (C=O) groups is 1. The monoisotopic (exact) mass is 347 g/mol. The summed E-state index contributed by atoms with van der Waals surface area (Å²) in [5, 5.41) is 15.3. The molecule has 0 saturated carbocycles. The summed E-state index contributed by atoms with van der Waals surface area (Å²) < 4.78 is 3.34. The molecule has 0 spiro atoms. The Kier molecular flexibility index (Phi) is 3.92. The predicted molar refractivity (Wildman–Crippen MR) is 97.0 cm³/mol. The number of hydrogen-bond donors (Lipinski definition) is 1. The summed E-state index contributed by atoms with van der Waals surface area (Å²) in [7, 11) is 0. The van der Waals surface area contributed by atoms with Gasteiger partial charge in [-0.1, -0.05) is 17.3 Å². The van der Waals surface area contributed by atoms with Crippen LogP contribution in [0, 0.1) is 13.8 Å². The van der Waals surface area contributed by atoms with Gasteiger partial charge in [-0.2, -0.15) is 5.10 Å². The molecule has 3 aromatic heterocycles. The van der Waals surface area contributed by atoms with E-state index in [4.69, 9.17) is 0 Å². The van der Waals surface area contributed by atoms with Gasteiger partial charge in [0.25, 0.3) is 0 Å². The van der Waals surface area contributed by atoms with Crippen molar-refractivity contribution in [2.24, 2.45) is 0 Å². The van der Waals surface area contributed by atoms with Crippen LogP contribution in [0.2, 0.25) is 0 Å². The SMILES string of the molecule is Cc1cc(C)n(-c2ccc(NC(=O)Cn3nnc4ccccc43)cn2)n1. The number of para-hydroxylation sites is 1. The second kappa shape index (κ2) is 6.40. The van der Waals surface area contributed by atoms with Crippen LogP contribution in [-0.2, 0) is 11.3 Å². The second-order valence-electron chi connectivity index (χ2n) is 6.03. The average molecular weight is 347 g/mol. The Morgan fingerprint density at radius 3 is 2.73 bits per heavy atom. The van der Waals surface area contributed by atoms with Crippen LogP contribution in [0.5, 0.6) is 0 Å². The van der Waals surface area contributed by atoms with Crippen molar-refractivity contribution >= 4 is 22.6 Å². The Balaban J connectivity index is 1.47. The number of aryl methyl sites for hydroxylation is 2. The van der Waals surface area contributed by atoms with Crippen LogP contribution >= 0.6 is 0 Å². The summed E-state index contributed by atoms with van der Waals surface area (Å²) in [6, 6.07) is 13.1. The lowest BCUT2D eigenvalue weighted by atomic mass is 10.3. The summed E-state index contributed by atoms with van der Waals surface area (Å²) in [5.41, 5.74) is 4.13. The van der Waals surface area contributed by atoms with Crippen molar-refractivity contribution in [2.45, 2.75) is 20.4 Å². The molecule has 26 heavy (non-hydrogen) atoms. The van der Waals surface area contributed by atoms with Gasteiger partial charge in [-0.05, 0) is 44.2 Å². The number of benzene rings is 1. The van der Waals surface area contributed by atoms with E-state index < -0.39 is 0 Å². The highest BCUT2D eigenvalue weighted by Crippen LogP contribution is 2.13. The molecule has 0 aliphatic carbocycles. The van der Waals surface area contributed by atoms with Crippen LogP contribution in [-0.4, -0.2) is 35.7 Å². The highest BCUT2D eigenvalue weighted by atomic mass is 16.2. The van der Waals surface area contributed by atoms with E-state index in [0.29, 0.717) is 11.5 Å². The number of nitrogens with zero attached hydrogens (tertiary/aromatic N) is 6. The zero-order valence-corrected chi connectivity index (χ0v) is 14.4. The number of aromatic nitrogens is 6. The average Bonchev–Trinajstić information content (AvgIpc) is 3.18. The molecule has 0 fully saturated rings. The van der Waals surface area contributed by atoms with Crippen LogP contribution in [0.3, 0.4) is 0 Å². The maximum atomic E-state index is 12.3. The van der Waals surface area contributed by atoms with Gasteiger partial charge < -0.3 is 5.32 Å². The first kappa shape index (κ1) is 15.9. The zero-order chi connectivity index (χ0) is 18.1. The minimum absolute atomic E-state index is 0.0831. The number of rotatable bonds is 4. The fourth-order valence-electron chi connectivity index (χ4n) is 2.82. The highest BCUT2D eigenvalue weighted by molar-refractivity contribution is 5.91. The van der Waals surface area contributed by atoms with Crippen LogP contribution < -0.4 is 5.32 Å². The lowest BCUT2D eigenvalue weighted by Gasteiger charge is -2.07. The third-order valence-corrected chi connectivity index (χ3v) is 3.97. The van der Waals surface area contributed by atoms with E-state index in [1.54, 1.807) is 21.6 Å². The molecule has 130 valence electrons. The minimum atomic E-state index is -0.193. The Hall–Kier alpha value is -3.55. The van der Waals surface area contributed by atoms with Crippen molar-refractivity contribution in [3.8, 4) is 5.82 Å². The first-order valence-corrected chi connectivity index (χ1v) is 8.18. The summed E-state index contributed by atoms with van der Waals surface area (Å²) >= 11 is 0. The molecule has 8 heteroatoms. The van der Waals surface area contributed by atoms with Crippen molar-refractivity contribution in [1.82, 2.24) is 29.8 Å². The molecule has 4 rings (SSSR count). The molecular weight excluding hydrogens is 330 g/mol. The molecule has 4 aromatic rings. The lowest BCUT2D eigenvalue weighted by Crippen LogP contribution is -2.19. The maximum absolute atomic E-state index is 12.3. The van der Waals surface area contributed by atoms with E-state index in [9.17, 15) is 4.79 Å². The molecule has 8 nitrogen and oxygen atoms in total. The highest BCUT2D eigenvalue weighted by Gasteiger charge is 2.10. The van der Waals surface area contributed by atoms with E-state index >= 15 is 0 Å². The van der Waals surface area contributed by atoms with Gasteiger partial charge in [0, 0.05) is 5.69 Å². The fraction of sp³-hybridized carbons (Fsp3) is 0.167. The summed E-state index contributed by atoms with van der Waals surface area (Å²) in [5.74, 6) is 0.511. The van der Waals surface area contributed by atoms with Gasteiger partial charge in [-0.25, -0.2) is 14.3 Å². The predicted octanol–water partition coefficient (Wildman–Crippen LogP) is 2.27. The number of fused-ring (bicyclic) bond motifs is 1. The van der Waals surface area contributed by atoms with Crippen LogP contribution in [0.1, 0.15) is 11.4 Å². The molecule has 0 aliphatic heterocycles. The number of anilines is 1. The number of pyridine rings is 1. The van der Waals surface area contributed by atoms with E-state index in [2.05, 4.69) is 25.7 Å². The molecule has 1 aromatic carbocycles. The number of carbonyl (C=O) groups excluding carboxylic acids is 1. The van der Waals surface area contributed by atoms with Gasteiger partial charge in [-0.15, -0.1) is 5.10 Å². The fourth-order valence-corrected chi connectivity index (χ4v) is 2.82. The van der Waals surface area contributed by atoms with E-state index in [1.807, 2.05) is 50.2 Å². The Morgan fingerprint density at radius 2 is 2.00 bits per heavy atom. The third kappa shape index (κ3) is 3.04. The number of hydrogen-bond acceptors (Lipinski definition) is 5. The van der Waals surface area contributed by atoms with E-state index in [0.717, 1.165) is 22.4 Å². The normalized spacial score (nSPS) is 11.0. The Bertz CT molecular complexity index is 1080. The van der Waals surface area contributed by atoms with Crippen molar-refractivity contribution in [1.29, 1.82) is 0 Å². The molecule has 0 atom stereocenters. The van der Waals surface area contributed by atoms with Crippen molar-refractivity contribution < 1.29 is 4.79 Å². The molecule has 0 aliphatic rings. The summed E-state index contributed by atoms with van der Waals surface area (Å²) in [6.45, 7) is 3.99. The third-order valence-electron chi connectivity index (χ3n) is 3.97. The van der Waals surface area contributed by atoms with Crippen molar-refractivity contribution in [3.05, 3.63) is 60.0 Å². The zero-order valence-electron chi connectivity index (χ0n) is 14.4. The Labute approximate surface area is 149 Å². The van der Waals surface area contributed by atoms with Gasteiger partial charge in [-0.3, -0.25) is 4.79 Å². The first-order valence-electron chi connectivity index (χ1n) is 8.18. The van der Waals surface area contributed by atoms with Gasteiger partial charge in [0.1, 0.15) is 12.1 Å². The maximum Gasteiger partial charge on any atom is 0.246 e. The van der Waals surface area contributed by atoms with Crippen molar-refractivity contribution in [3.63, 3.8) is 0 Å². The number of nitrogens with one attached hydrogen (secondary N) is 1.